The quantitative estimate of drug-likeness (QED) is 0.893. The van der Waals surface area contributed by atoms with E-state index in [0.717, 1.165) is 9.35 Å². The number of rotatable bonds is 4. The van der Waals surface area contributed by atoms with E-state index >= 15 is 0 Å². The summed E-state index contributed by atoms with van der Waals surface area (Å²) in [4.78, 5) is 0.839. The van der Waals surface area contributed by atoms with E-state index in [9.17, 15) is 8.42 Å². The first-order valence-electron chi connectivity index (χ1n) is 5.08. The van der Waals surface area contributed by atoms with Gasteiger partial charge in [0.2, 0.25) is 0 Å². The Morgan fingerprint density at radius 3 is 2.39 bits per heavy atom. The Bertz CT molecular complexity index is 635. The molecule has 18 heavy (non-hydrogen) atoms. The first-order valence-corrected chi connectivity index (χ1v) is 8.18. The maximum Gasteiger partial charge on any atom is 0.271 e. The molecule has 1 heterocycles. The lowest BCUT2D eigenvalue weighted by molar-refractivity contribution is 0.603. The van der Waals surface area contributed by atoms with Gasteiger partial charge in [0.25, 0.3) is 10.0 Å². The summed E-state index contributed by atoms with van der Waals surface area (Å²) in [5.41, 5.74) is 5.99. The van der Waals surface area contributed by atoms with E-state index in [4.69, 9.17) is 5.73 Å². The molecular weight excluding hydrogens is 336 g/mol. The van der Waals surface area contributed by atoms with Crippen molar-refractivity contribution in [1.82, 2.24) is 0 Å². The van der Waals surface area contributed by atoms with Gasteiger partial charge in [-0.05, 0) is 36.4 Å². The second-order valence-electron chi connectivity index (χ2n) is 3.54. The number of nitrogens with two attached hydrogens (primary N) is 1. The minimum absolute atomic E-state index is 0.269. The van der Waals surface area contributed by atoms with Crippen LogP contribution in [0.15, 0.2) is 45.1 Å². The standard InChI is InChI=1S/C11H11BrN2O2S2/c12-8-1-3-9(4-2-8)14-18(15,16)11-6-5-10(7-13)17-11/h1-6,14H,7,13H2. The van der Waals surface area contributed by atoms with Gasteiger partial charge in [-0.25, -0.2) is 8.42 Å². The van der Waals surface area contributed by atoms with Crippen LogP contribution in [-0.4, -0.2) is 8.42 Å². The predicted octanol–water partition coefficient (Wildman–Crippen LogP) is 2.77. The van der Waals surface area contributed by atoms with Gasteiger partial charge in [0, 0.05) is 21.6 Å². The molecule has 0 radical (unpaired) electrons. The molecular formula is C11H11BrN2O2S2. The van der Waals surface area contributed by atoms with Crippen LogP contribution in [0.5, 0.6) is 0 Å². The Morgan fingerprint density at radius 2 is 1.83 bits per heavy atom. The van der Waals surface area contributed by atoms with Crippen LogP contribution in [-0.2, 0) is 16.6 Å². The van der Waals surface area contributed by atoms with Gasteiger partial charge in [0.15, 0.2) is 0 Å². The van der Waals surface area contributed by atoms with E-state index < -0.39 is 10.0 Å². The molecule has 7 heteroatoms. The molecule has 0 aliphatic carbocycles. The Labute approximate surface area is 118 Å². The summed E-state index contributed by atoms with van der Waals surface area (Å²) in [6, 6.07) is 10.2. The lowest BCUT2D eigenvalue weighted by Crippen LogP contribution is -2.11. The summed E-state index contributed by atoms with van der Waals surface area (Å²) < 4.78 is 27.8. The molecule has 0 aliphatic heterocycles. The third-order valence-electron chi connectivity index (χ3n) is 2.20. The van der Waals surface area contributed by atoms with Gasteiger partial charge in [0.05, 0.1) is 0 Å². The Balaban J connectivity index is 2.24. The number of halogens is 1. The molecule has 0 aliphatic rings. The smallest absolute Gasteiger partial charge is 0.271 e. The number of hydrogen-bond donors (Lipinski definition) is 2. The van der Waals surface area contributed by atoms with Crippen LogP contribution in [0.1, 0.15) is 4.88 Å². The van der Waals surface area contributed by atoms with E-state index in [1.54, 1.807) is 36.4 Å². The molecule has 0 bridgehead atoms. The molecule has 3 N–H and O–H groups in total. The average molecular weight is 347 g/mol. The summed E-state index contributed by atoms with van der Waals surface area (Å²) in [5, 5.41) is 0. The zero-order valence-corrected chi connectivity index (χ0v) is 12.5. The van der Waals surface area contributed by atoms with Crippen LogP contribution in [0.25, 0.3) is 0 Å². The molecule has 0 saturated carbocycles. The maximum atomic E-state index is 12.1. The number of anilines is 1. The summed E-state index contributed by atoms with van der Waals surface area (Å²) in [6.45, 7) is 0.346. The molecule has 96 valence electrons. The molecule has 4 nitrogen and oxygen atoms in total. The Hall–Kier alpha value is -0.890. The molecule has 0 atom stereocenters. The molecule has 0 unspecified atom stereocenters. The average Bonchev–Trinajstić information content (AvgIpc) is 2.81. The molecule has 2 aromatic rings. The highest BCUT2D eigenvalue weighted by Crippen LogP contribution is 2.24. The SMILES string of the molecule is NCc1ccc(S(=O)(=O)Nc2ccc(Br)cc2)s1. The Kier molecular flexibility index (Phi) is 4.06. The minimum Gasteiger partial charge on any atom is -0.326 e. The number of nitrogens with one attached hydrogen (secondary N) is 1. The van der Waals surface area contributed by atoms with Gasteiger partial charge in [-0.3, -0.25) is 4.72 Å². The molecule has 2 rings (SSSR count). The zero-order chi connectivity index (χ0) is 13.2. The lowest BCUT2D eigenvalue weighted by Gasteiger charge is -2.05. The van der Waals surface area contributed by atoms with Gasteiger partial charge in [-0.1, -0.05) is 15.9 Å². The van der Waals surface area contributed by atoms with Gasteiger partial charge < -0.3 is 5.73 Å². The number of benzene rings is 1. The van der Waals surface area contributed by atoms with Crippen LogP contribution in [0.3, 0.4) is 0 Å². The summed E-state index contributed by atoms with van der Waals surface area (Å²) >= 11 is 4.47. The topological polar surface area (TPSA) is 72.2 Å². The number of thiophene rings is 1. The monoisotopic (exact) mass is 346 g/mol. The van der Waals surface area contributed by atoms with Crippen molar-refractivity contribution in [3.05, 3.63) is 45.7 Å². The van der Waals surface area contributed by atoms with Gasteiger partial charge >= 0.3 is 0 Å². The summed E-state index contributed by atoms with van der Waals surface area (Å²) in [6.07, 6.45) is 0. The normalized spacial score (nSPS) is 11.4. The fraction of sp³-hybridized carbons (Fsp3) is 0.0909. The zero-order valence-electron chi connectivity index (χ0n) is 9.26. The van der Waals surface area contributed by atoms with Crippen molar-refractivity contribution in [3.63, 3.8) is 0 Å². The van der Waals surface area contributed by atoms with Crippen molar-refractivity contribution < 1.29 is 8.42 Å². The van der Waals surface area contributed by atoms with Gasteiger partial charge in [-0.15, -0.1) is 11.3 Å². The highest BCUT2D eigenvalue weighted by molar-refractivity contribution is 9.10. The third kappa shape index (κ3) is 3.11. The van der Waals surface area contributed by atoms with Crippen molar-refractivity contribution >= 4 is 43.0 Å². The van der Waals surface area contributed by atoms with Crippen molar-refractivity contribution in [1.29, 1.82) is 0 Å². The fourth-order valence-electron chi connectivity index (χ4n) is 1.34. The second kappa shape index (κ2) is 5.40. The van der Waals surface area contributed by atoms with Crippen LogP contribution in [0.4, 0.5) is 5.69 Å². The van der Waals surface area contributed by atoms with E-state index in [1.165, 1.54) is 11.3 Å². The van der Waals surface area contributed by atoms with E-state index in [2.05, 4.69) is 20.7 Å². The second-order valence-corrected chi connectivity index (χ2v) is 7.53. The fourth-order valence-corrected chi connectivity index (χ4v) is 3.89. The number of sulfonamides is 1. The van der Waals surface area contributed by atoms with Gasteiger partial charge in [0.1, 0.15) is 4.21 Å². The van der Waals surface area contributed by atoms with Crippen molar-refractivity contribution in [2.24, 2.45) is 5.73 Å². The number of hydrogen-bond acceptors (Lipinski definition) is 4. The first-order chi connectivity index (χ1) is 8.51. The summed E-state index contributed by atoms with van der Waals surface area (Å²) in [5.74, 6) is 0. The molecule has 0 amide bonds. The largest absolute Gasteiger partial charge is 0.326 e. The third-order valence-corrected chi connectivity index (χ3v) is 5.71. The highest BCUT2D eigenvalue weighted by Gasteiger charge is 2.16. The van der Waals surface area contributed by atoms with E-state index in [0.29, 0.717) is 12.2 Å². The van der Waals surface area contributed by atoms with Crippen LogP contribution in [0.2, 0.25) is 0 Å². The lowest BCUT2D eigenvalue weighted by atomic mass is 10.3. The molecule has 1 aromatic heterocycles. The molecule has 0 saturated heterocycles. The maximum absolute atomic E-state index is 12.1. The van der Waals surface area contributed by atoms with Crippen LogP contribution in [0, 0.1) is 0 Å². The van der Waals surface area contributed by atoms with Crippen LogP contribution >= 0.6 is 27.3 Å². The van der Waals surface area contributed by atoms with Crippen molar-refractivity contribution in [2.75, 3.05) is 4.72 Å². The van der Waals surface area contributed by atoms with Gasteiger partial charge in [-0.2, -0.15) is 0 Å². The first kappa shape index (κ1) is 13.5. The summed E-state index contributed by atoms with van der Waals surface area (Å²) in [7, 11) is -3.52. The minimum atomic E-state index is -3.52. The van der Waals surface area contributed by atoms with Crippen LogP contribution < -0.4 is 10.5 Å². The molecule has 0 spiro atoms. The van der Waals surface area contributed by atoms with E-state index in [-0.39, 0.29) is 4.21 Å². The van der Waals surface area contributed by atoms with Crippen molar-refractivity contribution in [3.8, 4) is 0 Å². The van der Waals surface area contributed by atoms with E-state index in [1.807, 2.05) is 0 Å². The predicted molar refractivity (Wildman–Crippen MR) is 77.2 cm³/mol. The highest BCUT2D eigenvalue weighted by atomic mass is 79.9. The molecule has 0 fully saturated rings. The Morgan fingerprint density at radius 1 is 1.17 bits per heavy atom. The van der Waals surface area contributed by atoms with Crippen molar-refractivity contribution in [2.45, 2.75) is 10.8 Å². The molecule has 1 aromatic carbocycles.